The number of hydrogen-bond acceptors (Lipinski definition) is 5. The van der Waals surface area contributed by atoms with E-state index in [0.29, 0.717) is 11.6 Å². The van der Waals surface area contributed by atoms with Crippen molar-refractivity contribution in [3.8, 4) is 0 Å². The molecular weight excluding hydrogens is 286 g/mol. The van der Waals surface area contributed by atoms with E-state index in [1.165, 1.54) is 16.7 Å². The van der Waals surface area contributed by atoms with Crippen LogP contribution >= 0.6 is 23.1 Å². The number of nitrogens with one attached hydrogen (secondary N) is 2. The maximum Gasteiger partial charge on any atom is 0.355 e. The van der Waals surface area contributed by atoms with Crippen LogP contribution in [0.3, 0.4) is 0 Å². The molecular formula is C11H15N3O3S2. The van der Waals surface area contributed by atoms with Crippen LogP contribution in [-0.4, -0.2) is 40.1 Å². The minimum atomic E-state index is -1.06. The van der Waals surface area contributed by atoms with E-state index < -0.39 is 5.97 Å². The molecule has 0 radical (unpaired) electrons. The number of carbonyl (C=O) groups is 2. The average Bonchev–Trinajstić information content (AvgIpc) is 2.85. The lowest BCUT2D eigenvalue weighted by molar-refractivity contribution is 0.0691. The van der Waals surface area contributed by atoms with Crippen molar-refractivity contribution in [3.63, 3.8) is 0 Å². The van der Waals surface area contributed by atoms with Crippen molar-refractivity contribution in [2.45, 2.75) is 6.54 Å². The van der Waals surface area contributed by atoms with Gasteiger partial charge in [0.15, 0.2) is 5.69 Å². The second kappa shape index (κ2) is 8.54. The lowest BCUT2D eigenvalue weighted by Crippen LogP contribution is -2.36. The molecule has 0 unspecified atom stereocenters. The molecule has 3 N–H and O–H groups in total. The SMILES string of the molecule is C=CCSCCNC(=O)NCc1nc(C(=O)O)cs1. The fourth-order valence-corrected chi connectivity index (χ4v) is 2.40. The zero-order valence-electron chi connectivity index (χ0n) is 10.2. The molecule has 0 fully saturated rings. The number of amides is 2. The maximum absolute atomic E-state index is 11.4. The van der Waals surface area contributed by atoms with Crippen LogP contribution in [0, 0.1) is 0 Å². The minimum absolute atomic E-state index is 0.00281. The molecule has 0 saturated carbocycles. The summed E-state index contributed by atoms with van der Waals surface area (Å²) in [4.78, 5) is 25.9. The molecule has 0 spiro atoms. The fourth-order valence-electron chi connectivity index (χ4n) is 1.11. The molecule has 0 bridgehead atoms. The average molecular weight is 301 g/mol. The van der Waals surface area contributed by atoms with Gasteiger partial charge in [0.05, 0.1) is 6.54 Å². The molecule has 2 amide bonds. The summed E-state index contributed by atoms with van der Waals surface area (Å²) in [5.74, 6) is 0.617. The molecule has 8 heteroatoms. The number of aromatic carboxylic acids is 1. The molecule has 0 aliphatic rings. The van der Waals surface area contributed by atoms with Crippen LogP contribution in [0.1, 0.15) is 15.5 Å². The van der Waals surface area contributed by atoms with Crippen molar-refractivity contribution in [2.24, 2.45) is 0 Å². The number of rotatable bonds is 8. The van der Waals surface area contributed by atoms with E-state index in [1.807, 2.05) is 6.08 Å². The van der Waals surface area contributed by atoms with Crippen molar-refractivity contribution in [3.05, 3.63) is 28.7 Å². The van der Waals surface area contributed by atoms with E-state index in [9.17, 15) is 9.59 Å². The Hall–Kier alpha value is -1.54. The molecule has 0 atom stereocenters. The predicted molar refractivity (Wildman–Crippen MR) is 76.8 cm³/mol. The van der Waals surface area contributed by atoms with Crippen molar-refractivity contribution in [2.75, 3.05) is 18.1 Å². The van der Waals surface area contributed by atoms with Crippen molar-refractivity contribution < 1.29 is 14.7 Å². The molecule has 0 aliphatic carbocycles. The first-order valence-corrected chi connectivity index (χ1v) is 7.55. The van der Waals surface area contributed by atoms with Crippen LogP contribution < -0.4 is 10.6 Å². The highest BCUT2D eigenvalue weighted by molar-refractivity contribution is 7.99. The van der Waals surface area contributed by atoms with Gasteiger partial charge in [0.25, 0.3) is 0 Å². The number of nitrogens with zero attached hydrogens (tertiary/aromatic N) is 1. The smallest absolute Gasteiger partial charge is 0.355 e. The van der Waals surface area contributed by atoms with Gasteiger partial charge in [-0.25, -0.2) is 14.6 Å². The Balaban J connectivity index is 2.18. The molecule has 0 aromatic carbocycles. The monoisotopic (exact) mass is 301 g/mol. The van der Waals surface area contributed by atoms with Crippen molar-refractivity contribution in [1.29, 1.82) is 0 Å². The van der Waals surface area contributed by atoms with Gasteiger partial charge in [-0.1, -0.05) is 6.08 Å². The maximum atomic E-state index is 11.4. The second-order valence-corrected chi connectivity index (χ2v) is 5.50. The zero-order valence-corrected chi connectivity index (χ0v) is 11.9. The molecule has 6 nitrogen and oxygen atoms in total. The van der Waals surface area contributed by atoms with Gasteiger partial charge in [-0.05, 0) is 0 Å². The zero-order chi connectivity index (χ0) is 14.1. The summed E-state index contributed by atoms with van der Waals surface area (Å²) in [6.45, 7) is 4.40. The molecule has 0 aliphatic heterocycles. The summed E-state index contributed by atoms with van der Waals surface area (Å²) >= 11 is 2.89. The Morgan fingerprint density at radius 3 is 2.95 bits per heavy atom. The Morgan fingerprint density at radius 1 is 1.53 bits per heavy atom. The van der Waals surface area contributed by atoms with Crippen LogP contribution in [0.4, 0.5) is 4.79 Å². The van der Waals surface area contributed by atoms with E-state index in [-0.39, 0.29) is 18.3 Å². The van der Waals surface area contributed by atoms with E-state index >= 15 is 0 Å². The molecule has 0 saturated heterocycles. The summed E-state index contributed by atoms with van der Waals surface area (Å²) in [7, 11) is 0. The van der Waals surface area contributed by atoms with E-state index in [4.69, 9.17) is 5.11 Å². The highest BCUT2D eigenvalue weighted by Gasteiger charge is 2.09. The van der Waals surface area contributed by atoms with Crippen LogP contribution in [0.25, 0.3) is 0 Å². The normalized spacial score (nSPS) is 9.89. The Morgan fingerprint density at radius 2 is 2.32 bits per heavy atom. The Labute approximate surface area is 119 Å². The molecule has 19 heavy (non-hydrogen) atoms. The lowest BCUT2D eigenvalue weighted by atomic mass is 10.5. The summed E-state index contributed by atoms with van der Waals surface area (Å²) in [5, 5.41) is 16.0. The van der Waals surface area contributed by atoms with Gasteiger partial charge in [0, 0.05) is 23.4 Å². The summed E-state index contributed by atoms with van der Waals surface area (Å²) in [6, 6.07) is -0.286. The summed E-state index contributed by atoms with van der Waals surface area (Å²) in [6.07, 6.45) is 1.81. The fraction of sp³-hybridized carbons (Fsp3) is 0.364. The van der Waals surface area contributed by atoms with Crippen LogP contribution in [0.2, 0.25) is 0 Å². The predicted octanol–water partition coefficient (Wildman–Crippen LogP) is 1.56. The van der Waals surface area contributed by atoms with Gasteiger partial charge >= 0.3 is 12.0 Å². The second-order valence-electron chi connectivity index (χ2n) is 3.40. The van der Waals surface area contributed by atoms with Crippen LogP contribution in [0.5, 0.6) is 0 Å². The van der Waals surface area contributed by atoms with Crippen molar-refractivity contribution >= 4 is 35.1 Å². The molecule has 1 rings (SSSR count). The highest BCUT2D eigenvalue weighted by atomic mass is 32.2. The molecule has 1 heterocycles. The number of urea groups is 1. The van der Waals surface area contributed by atoms with E-state index in [2.05, 4.69) is 22.2 Å². The molecule has 1 aromatic heterocycles. The first-order chi connectivity index (χ1) is 9.13. The number of hydrogen-bond donors (Lipinski definition) is 3. The van der Waals surface area contributed by atoms with Crippen molar-refractivity contribution in [1.82, 2.24) is 15.6 Å². The minimum Gasteiger partial charge on any atom is -0.476 e. The highest BCUT2D eigenvalue weighted by Crippen LogP contribution is 2.09. The van der Waals surface area contributed by atoms with Gasteiger partial charge in [0.1, 0.15) is 5.01 Å². The van der Waals surface area contributed by atoms with Gasteiger partial charge in [-0.3, -0.25) is 0 Å². The standard InChI is InChI=1S/C11H15N3O3S2/c1-2-4-18-5-3-12-11(17)13-6-9-14-8(7-19-9)10(15)16/h2,7H,1,3-6H2,(H,15,16)(H2,12,13,17). The first-order valence-electron chi connectivity index (χ1n) is 5.51. The van der Waals surface area contributed by atoms with Crippen LogP contribution in [-0.2, 0) is 6.54 Å². The summed E-state index contributed by atoms with van der Waals surface area (Å²) in [5.41, 5.74) is 0.00281. The molecule has 104 valence electrons. The number of carbonyl (C=O) groups excluding carboxylic acids is 1. The summed E-state index contributed by atoms with van der Waals surface area (Å²) < 4.78 is 0. The van der Waals surface area contributed by atoms with Gasteiger partial charge in [0.2, 0.25) is 0 Å². The molecule has 1 aromatic rings. The third kappa shape index (κ3) is 6.25. The quantitative estimate of drug-likeness (QED) is 0.500. The Bertz CT molecular complexity index is 448. The lowest BCUT2D eigenvalue weighted by Gasteiger charge is -2.05. The number of carboxylic acids is 1. The van der Waals surface area contributed by atoms with E-state index in [1.54, 1.807) is 11.8 Å². The number of thiazole rings is 1. The van der Waals surface area contributed by atoms with Gasteiger partial charge in [-0.15, -0.1) is 17.9 Å². The van der Waals surface area contributed by atoms with E-state index in [0.717, 1.165) is 11.5 Å². The number of thioether (sulfide) groups is 1. The van der Waals surface area contributed by atoms with Gasteiger partial charge in [-0.2, -0.15) is 11.8 Å². The third-order valence-electron chi connectivity index (χ3n) is 1.94. The number of carboxylic acid groups (broad SMARTS) is 1. The van der Waals surface area contributed by atoms with Gasteiger partial charge < -0.3 is 15.7 Å². The first kappa shape index (κ1) is 15.5. The largest absolute Gasteiger partial charge is 0.476 e. The number of aromatic nitrogens is 1. The Kier molecular flexibility index (Phi) is 6.98. The van der Waals surface area contributed by atoms with Crippen LogP contribution in [0.15, 0.2) is 18.0 Å². The topological polar surface area (TPSA) is 91.3 Å². The third-order valence-corrected chi connectivity index (χ3v) is 3.75.